The zero-order valence-corrected chi connectivity index (χ0v) is 5.69. The van der Waals surface area contributed by atoms with Crippen molar-refractivity contribution >= 4 is 0 Å². The molecule has 1 heterocycles. The molecule has 0 aromatic carbocycles. The van der Waals surface area contributed by atoms with E-state index >= 15 is 0 Å². The lowest BCUT2D eigenvalue weighted by Crippen LogP contribution is -2.41. The van der Waals surface area contributed by atoms with Crippen LogP contribution >= 0.6 is 0 Å². The van der Waals surface area contributed by atoms with Crippen LogP contribution < -0.4 is 0 Å². The average molecular weight is 113 g/mol. The van der Waals surface area contributed by atoms with E-state index in [4.69, 9.17) is 0 Å². The van der Waals surface area contributed by atoms with Gasteiger partial charge in [0.2, 0.25) is 0 Å². The van der Waals surface area contributed by atoms with Crippen molar-refractivity contribution in [3.8, 4) is 0 Å². The van der Waals surface area contributed by atoms with Gasteiger partial charge in [0.25, 0.3) is 0 Å². The van der Waals surface area contributed by atoms with E-state index in [1.807, 2.05) is 0 Å². The molecule has 0 unspecified atom stereocenters. The van der Waals surface area contributed by atoms with Gasteiger partial charge in [0.05, 0.1) is 20.1 Å². The number of quaternary nitrogens is 1. The second-order valence-corrected chi connectivity index (χ2v) is 3.13. The zero-order valence-electron chi connectivity index (χ0n) is 5.69. The molecule has 0 aromatic heterocycles. The van der Waals surface area contributed by atoms with E-state index in [0.717, 1.165) is 4.48 Å². The van der Waals surface area contributed by atoms with Crippen LogP contribution in [0.15, 0.2) is 0 Å². The highest BCUT2D eigenvalue weighted by atomic mass is 15.3. The fourth-order valence-corrected chi connectivity index (χ4v) is 1.28. The van der Waals surface area contributed by atoms with Crippen LogP contribution in [-0.2, 0) is 0 Å². The summed E-state index contributed by atoms with van der Waals surface area (Å²) >= 11 is 0. The molecular formula is C7H15N+. The monoisotopic (exact) mass is 113 g/mol. The van der Waals surface area contributed by atoms with Crippen LogP contribution in [0.2, 0.25) is 0 Å². The van der Waals surface area contributed by atoms with Crippen LogP contribution in [0.1, 0.15) is 19.3 Å². The summed E-state index contributed by atoms with van der Waals surface area (Å²) in [5.41, 5.74) is 0. The number of likely N-dealkylation sites (tertiary alicyclic amines) is 1. The van der Waals surface area contributed by atoms with E-state index in [1.54, 1.807) is 0 Å². The third kappa shape index (κ3) is 1.48. The minimum atomic E-state index is 1.00. The Morgan fingerprint density at radius 2 is 1.62 bits per heavy atom. The summed E-state index contributed by atoms with van der Waals surface area (Å²) in [7, 11) is 6.27. The molecule has 0 saturated carbocycles. The first kappa shape index (κ1) is 6.09. The molecule has 0 bridgehead atoms. The maximum atomic E-state index is 4.07. The van der Waals surface area contributed by atoms with Gasteiger partial charge in [-0.05, 0) is 19.3 Å². The van der Waals surface area contributed by atoms with Gasteiger partial charge >= 0.3 is 0 Å². The van der Waals surface area contributed by atoms with Gasteiger partial charge in [-0.15, -0.1) is 0 Å². The van der Waals surface area contributed by atoms with Crippen LogP contribution in [-0.4, -0.2) is 24.6 Å². The molecule has 0 aromatic rings. The molecule has 0 spiro atoms. The highest BCUT2D eigenvalue weighted by Crippen LogP contribution is 2.13. The Morgan fingerprint density at radius 1 is 1.12 bits per heavy atom. The largest absolute Gasteiger partial charge is 0.321 e. The number of nitrogens with zero attached hydrogens (tertiary/aromatic N) is 1. The van der Waals surface area contributed by atoms with E-state index in [0.29, 0.717) is 0 Å². The standard InChI is InChI=1S/C7H15N/c1-8(2)6-4-3-5-7-8/h1,3-7H2,2H3/q+1. The van der Waals surface area contributed by atoms with Gasteiger partial charge in [-0.3, -0.25) is 0 Å². The topological polar surface area (TPSA) is 0 Å². The minimum absolute atomic E-state index is 1.00. The number of hydrogen-bond donors (Lipinski definition) is 0. The molecule has 1 aliphatic rings. The van der Waals surface area contributed by atoms with Crippen LogP contribution in [0.25, 0.3) is 0 Å². The summed E-state index contributed by atoms with van der Waals surface area (Å²) in [6.45, 7) is 2.56. The third-order valence-electron chi connectivity index (χ3n) is 1.90. The Bertz CT molecular complexity index is 68.5. The van der Waals surface area contributed by atoms with Gasteiger partial charge in [-0.25, -0.2) is 0 Å². The molecule has 1 nitrogen and oxygen atoms in total. The first-order valence-corrected chi connectivity index (χ1v) is 3.40. The van der Waals surface area contributed by atoms with Crippen molar-refractivity contribution in [1.29, 1.82) is 0 Å². The van der Waals surface area contributed by atoms with Crippen LogP contribution in [0.4, 0.5) is 0 Å². The zero-order chi connectivity index (χ0) is 6.04. The molecule has 0 amide bonds. The first-order chi connectivity index (χ1) is 3.71. The maximum absolute atomic E-state index is 4.07. The quantitative estimate of drug-likeness (QED) is 0.417. The first-order valence-electron chi connectivity index (χ1n) is 3.40. The van der Waals surface area contributed by atoms with Crippen molar-refractivity contribution in [2.75, 3.05) is 20.1 Å². The summed E-state index contributed by atoms with van der Waals surface area (Å²) in [6, 6.07) is 0. The highest BCUT2D eigenvalue weighted by Gasteiger charge is 2.18. The molecule has 1 radical (unpaired) electrons. The molecule has 8 heavy (non-hydrogen) atoms. The molecule has 1 saturated heterocycles. The predicted molar refractivity (Wildman–Crippen MR) is 35.1 cm³/mol. The van der Waals surface area contributed by atoms with Crippen molar-refractivity contribution in [3.63, 3.8) is 0 Å². The van der Waals surface area contributed by atoms with Gasteiger partial charge in [-0.1, -0.05) is 0 Å². The van der Waals surface area contributed by atoms with E-state index in [9.17, 15) is 0 Å². The van der Waals surface area contributed by atoms with E-state index in [1.165, 1.54) is 32.4 Å². The molecule has 1 heteroatoms. The van der Waals surface area contributed by atoms with Gasteiger partial charge < -0.3 is 4.48 Å². The Hall–Kier alpha value is -0.0400. The van der Waals surface area contributed by atoms with E-state index in [2.05, 4.69) is 14.1 Å². The molecule has 1 rings (SSSR count). The van der Waals surface area contributed by atoms with Crippen molar-refractivity contribution in [3.05, 3.63) is 7.05 Å². The third-order valence-corrected chi connectivity index (χ3v) is 1.90. The normalized spacial score (nSPS) is 27.8. The lowest BCUT2D eigenvalue weighted by atomic mass is 10.1. The Kier molecular flexibility index (Phi) is 1.57. The lowest BCUT2D eigenvalue weighted by Gasteiger charge is -2.32. The summed E-state index contributed by atoms with van der Waals surface area (Å²) in [6.07, 6.45) is 4.17. The molecule has 1 aliphatic heterocycles. The Labute approximate surface area is 51.9 Å². The van der Waals surface area contributed by atoms with Crippen LogP contribution in [0.5, 0.6) is 0 Å². The van der Waals surface area contributed by atoms with Gasteiger partial charge in [0.15, 0.2) is 0 Å². The molecule has 0 atom stereocenters. The second kappa shape index (κ2) is 2.06. The predicted octanol–water partition coefficient (Wildman–Crippen LogP) is 1.41. The summed E-state index contributed by atoms with van der Waals surface area (Å²) in [5.74, 6) is 0. The summed E-state index contributed by atoms with van der Waals surface area (Å²) in [5, 5.41) is 0. The maximum Gasteiger partial charge on any atom is 0.128 e. The highest BCUT2D eigenvalue weighted by molar-refractivity contribution is 4.49. The Balaban J connectivity index is 2.33. The minimum Gasteiger partial charge on any atom is -0.321 e. The molecule has 0 aliphatic carbocycles. The van der Waals surface area contributed by atoms with Crippen LogP contribution in [0, 0.1) is 7.05 Å². The Morgan fingerprint density at radius 3 is 1.88 bits per heavy atom. The summed E-state index contributed by atoms with van der Waals surface area (Å²) in [4.78, 5) is 0. The van der Waals surface area contributed by atoms with Crippen molar-refractivity contribution in [2.24, 2.45) is 0 Å². The average Bonchev–Trinajstić information content (AvgIpc) is 1.65. The fraction of sp³-hybridized carbons (Fsp3) is 0.857. The van der Waals surface area contributed by atoms with Crippen molar-refractivity contribution in [1.82, 2.24) is 0 Å². The van der Waals surface area contributed by atoms with Crippen molar-refractivity contribution in [2.45, 2.75) is 19.3 Å². The smallest absolute Gasteiger partial charge is 0.128 e. The number of piperidine rings is 1. The lowest BCUT2D eigenvalue weighted by molar-refractivity contribution is -0.870. The molecule has 0 N–H and O–H groups in total. The van der Waals surface area contributed by atoms with E-state index in [-0.39, 0.29) is 0 Å². The molecule has 47 valence electrons. The van der Waals surface area contributed by atoms with Gasteiger partial charge in [0.1, 0.15) is 7.05 Å². The molecular weight excluding hydrogens is 98.1 g/mol. The number of hydrogen-bond acceptors (Lipinski definition) is 0. The summed E-state index contributed by atoms with van der Waals surface area (Å²) < 4.78 is 1.00. The van der Waals surface area contributed by atoms with Gasteiger partial charge in [0, 0.05) is 0 Å². The molecule has 1 fully saturated rings. The fourth-order valence-electron chi connectivity index (χ4n) is 1.28. The van der Waals surface area contributed by atoms with Crippen LogP contribution in [0.3, 0.4) is 0 Å². The van der Waals surface area contributed by atoms with Gasteiger partial charge in [-0.2, -0.15) is 0 Å². The second-order valence-electron chi connectivity index (χ2n) is 3.13. The number of rotatable bonds is 0. The van der Waals surface area contributed by atoms with Crippen molar-refractivity contribution < 1.29 is 4.48 Å². The SMILES string of the molecule is [CH2][N+]1(C)CCCCC1. The van der Waals surface area contributed by atoms with E-state index < -0.39 is 0 Å².